The highest BCUT2D eigenvalue weighted by atomic mass is 35.5. The molecule has 0 saturated carbocycles. The molecule has 170 valence electrons. The monoisotopic (exact) mass is 504 g/mol. The van der Waals surface area contributed by atoms with E-state index >= 15 is 0 Å². The summed E-state index contributed by atoms with van der Waals surface area (Å²) in [5.41, 5.74) is 1.14. The molecular weight excluding hydrogens is 489 g/mol. The molecule has 2 aliphatic heterocycles. The minimum Gasteiger partial charge on any atom is -0.406 e. The van der Waals surface area contributed by atoms with E-state index in [9.17, 15) is 26.4 Å². The Bertz CT molecular complexity index is 1150. The molecule has 2 saturated heterocycles. The number of sulfone groups is 1. The molecule has 0 aromatic heterocycles. The molecule has 0 radical (unpaired) electrons. The summed E-state index contributed by atoms with van der Waals surface area (Å²) in [5, 5.41) is 0.531. The topological polar surface area (TPSA) is 76.0 Å². The average molecular weight is 505 g/mol. The zero-order valence-electron chi connectivity index (χ0n) is 16.3. The highest BCUT2D eigenvalue weighted by molar-refractivity contribution is 8.16. The average Bonchev–Trinajstić information content (AvgIpc) is 3.14. The van der Waals surface area contributed by atoms with Gasteiger partial charge in [0.1, 0.15) is 5.75 Å². The lowest BCUT2D eigenvalue weighted by Gasteiger charge is -2.24. The molecule has 2 fully saturated rings. The smallest absolute Gasteiger partial charge is 0.406 e. The summed E-state index contributed by atoms with van der Waals surface area (Å²) in [5.74, 6) is -1.02. The van der Waals surface area contributed by atoms with Crippen molar-refractivity contribution in [2.24, 2.45) is 4.99 Å². The Hall–Kier alpha value is -2.24. The number of rotatable bonds is 4. The molecule has 0 unspecified atom stereocenters. The van der Waals surface area contributed by atoms with Crippen LogP contribution in [0.25, 0.3) is 0 Å². The van der Waals surface area contributed by atoms with Crippen LogP contribution in [-0.2, 0) is 21.1 Å². The van der Waals surface area contributed by atoms with E-state index < -0.39 is 33.9 Å². The van der Waals surface area contributed by atoms with Crippen LogP contribution in [0.2, 0.25) is 5.02 Å². The number of hydrogen-bond acceptors (Lipinski definition) is 5. The Morgan fingerprint density at radius 3 is 2.41 bits per heavy atom. The van der Waals surface area contributed by atoms with Crippen LogP contribution in [0.1, 0.15) is 5.56 Å². The lowest BCUT2D eigenvalue weighted by molar-refractivity contribution is -0.274. The third-order valence-corrected chi connectivity index (χ3v) is 8.37. The van der Waals surface area contributed by atoms with Crippen molar-refractivity contribution >= 4 is 50.0 Å². The first-order valence-electron chi connectivity index (χ1n) is 9.37. The van der Waals surface area contributed by atoms with E-state index in [1.165, 1.54) is 23.9 Å². The van der Waals surface area contributed by atoms with E-state index in [2.05, 4.69) is 9.73 Å². The van der Waals surface area contributed by atoms with Crippen molar-refractivity contribution in [3.63, 3.8) is 0 Å². The minimum atomic E-state index is -4.82. The van der Waals surface area contributed by atoms with Gasteiger partial charge in [-0.3, -0.25) is 4.79 Å². The Morgan fingerprint density at radius 2 is 1.78 bits per heavy atom. The molecule has 2 atom stereocenters. The van der Waals surface area contributed by atoms with Gasteiger partial charge in [0.2, 0.25) is 0 Å². The van der Waals surface area contributed by atoms with Gasteiger partial charge in [0, 0.05) is 16.0 Å². The zero-order valence-corrected chi connectivity index (χ0v) is 18.6. The molecule has 2 aromatic rings. The molecule has 0 bridgehead atoms. The second kappa shape index (κ2) is 8.60. The van der Waals surface area contributed by atoms with E-state index in [0.717, 1.165) is 17.7 Å². The number of thioether (sulfide) groups is 1. The predicted molar refractivity (Wildman–Crippen MR) is 117 cm³/mol. The first kappa shape index (κ1) is 22.9. The molecule has 32 heavy (non-hydrogen) atoms. The molecular formula is C20H16ClF3N2O4S2. The summed E-state index contributed by atoms with van der Waals surface area (Å²) < 4.78 is 65.5. The Labute approximate surface area is 191 Å². The van der Waals surface area contributed by atoms with Gasteiger partial charge >= 0.3 is 6.36 Å². The maximum Gasteiger partial charge on any atom is 0.573 e. The van der Waals surface area contributed by atoms with Gasteiger partial charge in [-0.15, -0.1) is 13.2 Å². The summed E-state index contributed by atoms with van der Waals surface area (Å²) in [7, 11) is -3.27. The Balaban J connectivity index is 1.60. The zero-order chi connectivity index (χ0) is 23.1. The number of halogens is 4. The van der Waals surface area contributed by atoms with Gasteiger partial charge in [-0.2, -0.15) is 4.99 Å². The van der Waals surface area contributed by atoms with E-state index in [1.54, 1.807) is 29.2 Å². The second-order valence-corrected chi connectivity index (χ2v) is 11.1. The first-order chi connectivity index (χ1) is 15.0. The number of hydrogen-bond donors (Lipinski definition) is 0. The van der Waals surface area contributed by atoms with Crippen molar-refractivity contribution < 1.29 is 31.1 Å². The number of amidine groups is 1. The molecule has 1 amide bonds. The van der Waals surface area contributed by atoms with Crippen molar-refractivity contribution in [3.8, 4) is 5.75 Å². The molecule has 4 rings (SSSR count). The van der Waals surface area contributed by atoms with Crippen LogP contribution >= 0.6 is 23.4 Å². The number of nitrogens with zero attached hydrogens (tertiary/aromatic N) is 2. The van der Waals surface area contributed by atoms with Gasteiger partial charge in [-0.1, -0.05) is 35.5 Å². The van der Waals surface area contributed by atoms with Gasteiger partial charge in [0.05, 0.1) is 24.0 Å². The quantitative estimate of drug-likeness (QED) is 0.624. The number of fused-ring (bicyclic) bond motifs is 1. The van der Waals surface area contributed by atoms with Crippen LogP contribution in [-0.4, -0.2) is 48.7 Å². The van der Waals surface area contributed by atoms with E-state index in [1.807, 2.05) is 0 Å². The summed E-state index contributed by atoms with van der Waals surface area (Å²) in [6, 6.07) is 11.3. The Morgan fingerprint density at radius 1 is 1.12 bits per heavy atom. The normalized spacial score (nSPS) is 23.4. The fourth-order valence-corrected chi connectivity index (χ4v) is 7.66. The predicted octanol–water partition coefficient (Wildman–Crippen LogP) is 4.08. The van der Waals surface area contributed by atoms with Crippen molar-refractivity contribution in [2.45, 2.75) is 24.1 Å². The standard InChI is InChI=1S/C20H16ClF3N2O4S2/c21-13-3-1-12(2-4-13)9-18(27)25-19-26(16-10-32(28,29)11-17(16)31-19)14-5-7-15(8-6-14)30-20(22,23)24/h1-8,16-17H,9-11H2/t16-,17+/m1/s1. The van der Waals surface area contributed by atoms with Gasteiger partial charge in [0.15, 0.2) is 15.0 Å². The molecule has 2 aromatic carbocycles. The summed E-state index contributed by atoms with van der Waals surface area (Å²) in [6.45, 7) is 0. The molecule has 6 nitrogen and oxygen atoms in total. The molecule has 12 heteroatoms. The van der Waals surface area contributed by atoms with E-state index in [4.69, 9.17) is 11.6 Å². The van der Waals surface area contributed by atoms with Gasteiger partial charge < -0.3 is 9.64 Å². The number of anilines is 1. The fraction of sp³-hybridized carbons (Fsp3) is 0.300. The van der Waals surface area contributed by atoms with Crippen molar-refractivity contribution in [1.82, 2.24) is 0 Å². The highest BCUT2D eigenvalue weighted by Gasteiger charge is 2.49. The van der Waals surface area contributed by atoms with E-state index in [0.29, 0.717) is 15.9 Å². The van der Waals surface area contributed by atoms with Crippen molar-refractivity contribution in [3.05, 3.63) is 59.1 Å². The third-order valence-electron chi connectivity index (χ3n) is 4.90. The molecule has 2 aliphatic rings. The van der Waals surface area contributed by atoms with Crippen LogP contribution in [0.4, 0.5) is 18.9 Å². The highest BCUT2D eigenvalue weighted by Crippen LogP contribution is 2.41. The fourth-order valence-electron chi connectivity index (χ4n) is 3.60. The van der Waals surface area contributed by atoms with Crippen LogP contribution in [0.5, 0.6) is 5.75 Å². The van der Waals surface area contributed by atoms with Crippen molar-refractivity contribution in [2.75, 3.05) is 16.4 Å². The third kappa shape index (κ3) is 5.38. The molecule has 0 N–H and O–H groups in total. The summed E-state index contributed by atoms with van der Waals surface area (Å²) in [6.07, 6.45) is -4.79. The minimum absolute atomic E-state index is 0.0288. The maximum atomic E-state index is 12.6. The number of alkyl halides is 3. The number of carbonyl (C=O) groups excluding carboxylic acids is 1. The lowest BCUT2D eigenvalue weighted by Crippen LogP contribution is -2.37. The van der Waals surface area contributed by atoms with Gasteiger partial charge in [-0.25, -0.2) is 8.42 Å². The maximum absolute atomic E-state index is 12.6. The van der Waals surface area contributed by atoms with Gasteiger partial charge in [-0.05, 0) is 42.0 Å². The summed E-state index contributed by atoms with van der Waals surface area (Å²) >= 11 is 7.04. The number of benzene rings is 2. The number of amides is 1. The second-order valence-electron chi connectivity index (χ2n) is 7.30. The van der Waals surface area contributed by atoms with Crippen LogP contribution in [0.15, 0.2) is 53.5 Å². The molecule has 2 heterocycles. The molecule has 0 aliphatic carbocycles. The number of aliphatic imine (C=N–C) groups is 1. The lowest BCUT2D eigenvalue weighted by atomic mass is 10.1. The van der Waals surface area contributed by atoms with Gasteiger partial charge in [0.25, 0.3) is 5.91 Å². The van der Waals surface area contributed by atoms with E-state index in [-0.39, 0.29) is 23.2 Å². The summed E-state index contributed by atoms with van der Waals surface area (Å²) in [4.78, 5) is 18.4. The Kier molecular flexibility index (Phi) is 6.17. The largest absolute Gasteiger partial charge is 0.573 e. The number of ether oxygens (including phenoxy) is 1. The van der Waals surface area contributed by atoms with Crippen LogP contribution < -0.4 is 9.64 Å². The number of carbonyl (C=O) groups is 1. The van der Waals surface area contributed by atoms with Crippen molar-refractivity contribution in [1.29, 1.82) is 0 Å². The van der Waals surface area contributed by atoms with Crippen LogP contribution in [0.3, 0.4) is 0 Å². The molecule has 0 spiro atoms. The first-order valence-corrected chi connectivity index (χ1v) is 12.5. The van der Waals surface area contributed by atoms with Crippen LogP contribution in [0, 0.1) is 0 Å². The SMILES string of the molecule is O=C(Cc1ccc(Cl)cc1)N=C1S[C@H]2CS(=O)(=O)C[C@H]2N1c1ccc(OC(F)(F)F)cc1.